The van der Waals surface area contributed by atoms with Crippen LogP contribution in [0.1, 0.15) is 39.5 Å². The molecule has 2 saturated carbocycles. The molecule has 0 radical (unpaired) electrons. The highest BCUT2D eigenvalue weighted by molar-refractivity contribution is 5.86. The van der Waals surface area contributed by atoms with Gasteiger partial charge in [0, 0.05) is 31.0 Å². The minimum atomic E-state index is 0.387. The van der Waals surface area contributed by atoms with Crippen molar-refractivity contribution in [1.82, 2.24) is 4.90 Å². The summed E-state index contributed by atoms with van der Waals surface area (Å²) in [7, 11) is 0. The van der Waals surface area contributed by atoms with Gasteiger partial charge in [-0.1, -0.05) is 6.42 Å². The van der Waals surface area contributed by atoms with Crippen molar-refractivity contribution in [1.29, 1.82) is 0 Å². The Labute approximate surface area is 98.4 Å². The molecule has 0 aromatic carbocycles. The van der Waals surface area contributed by atoms with E-state index in [4.69, 9.17) is 0 Å². The van der Waals surface area contributed by atoms with E-state index < -0.39 is 0 Å². The lowest BCUT2D eigenvalue weighted by Crippen LogP contribution is -2.57. The first kappa shape index (κ1) is 10.8. The van der Waals surface area contributed by atoms with Crippen LogP contribution in [0.5, 0.6) is 0 Å². The minimum Gasteiger partial charge on any atom is -0.299 e. The van der Waals surface area contributed by atoms with Gasteiger partial charge in [0.25, 0.3) is 0 Å². The Morgan fingerprint density at radius 1 is 1.12 bits per heavy atom. The predicted octanol–water partition coefficient (Wildman–Crippen LogP) is 2.33. The number of Topliss-reactive ketones (excluding diaryl/α,β-unsaturated/α-hetero) is 1. The molecule has 0 spiro atoms. The summed E-state index contributed by atoms with van der Waals surface area (Å²) in [4.78, 5) is 14.9. The quantitative estimate of drug-likeness (QED) is 0.677. The fourth-order valence-electron chi connectivity index (χ4n) is 4.22. The molecule has 0 N–H and O–H groups in total. The summed E-state index contributed by atoms with van der Waals surface area (Å²) >= 11 is 0. The first-order chi connectivity index (χ1) is 7.66. The molecule has 1 heterocycles. The fraction of sp³-hybridized carbons (Fsp3) is 0.929. The van der Waals surface area contributed by atoms with Gasteiger partial charge >= 0.3 is 0 Å². The third-order valence-corrected chi connectivity index (χ3v) is 5.22. The number of ketones is 1. The number of carbonyl (C=O) groups excluding carboxylic acids is 1. The van der Waals surface area contributed by atoms with Crippen molar-refractivity contribution in [2.75, 3.05) is 13.1 Å². The van der Waals surface area contributed by atoms with Crippen LogP contribution >= 0.6 is 0 Å². The number of likely N-dealkylation sites (tertiary alicyclic amines) is 1. The van der Waals surface area contributed by atoms with Crippen LogP contribution in [0.15, 0.2) is 0 Å². The zero-order valence-corrected chi connectivity index (χ0v) is 10.5. The van der Waals surface area contributed by atoms with Crippen LogP contribution in [0.25, 0.3) is 0 Å². The molecule has 1 aliphatic heterocycles. The molecular formula is C14H23NO. The van der Waals surface area contributed by atoms with Gasteiger partial charge in [-0.25, -0.2) is 0 Å². The molecule has 2 nitrogen and oxygen atoms in total. The standard InChI is InChI=1S/C14H23NO/c1-9(2)15-7-12-10-4-3-5-11(6-10)13(8-15)14(12)16/h9-13H,3-8H2,1-2H3. The highest BCUT2D eigenvalue weighted by Gasteiger charge is 2.49. The highest BCUT2D eigenvalue weighted by atomic mass is 16.1. The van der Waals surface area contributed by atoms with Crippen molar-refractivity contribution in [3.8, 4) is 0 Å². The van der Waals surface area contributed by atoms with Gasteiger partial charge < -0.3 is 0 Å². The average molecular weight is 221 g/mol. The third-order valence-electron chi connectivity index (χ3n) is 5.22. The normalized spacial score (nSPS) is 43.8. The van der Waals surface area contributed by atoms with Crippen molar-refractivity contribution >= 4 is 5.78 Å². The number of fused-ring (bicyclic) bond motifs is 6. The predicted molar refractivity (Wildman–Crippen MR) is 64.1 cm³/mol. The van der Waals surface area contributed by atoms with Crippen molar-refractivity contribution < 1.29 is 4.79 Å². The van der Waals surface area contributed by atoms with E-state index in [0.29, 0.717) is 23.7 Å². The summed E-state index contributed by atoms with van der Waals surface area (Å²) in [6.45, 7) is 6.62. The van der Waals surface area contributed by atoms with E-state index in [1.807, 2.05) is 0 Å². The lowest BCUT2D eigenvalue weighted by Gasteiger charge is -2.51. The first-order valence-electron chi connectivity index (χ1n) is 6.94. The summed E-state index contributed by atoms with van der Waals surface area (Å²) in [5, 5.41) is 0. The maximum absolute atomic E-state index is 12.4. The van der Waals surface area contributed by atoms with E-state index in [1.165, 1.54) is 25.7 Å². The zero-order chi connectivity index (χ0) is 11.3. The molecule has 3 rings (SSSR count). The Morgan fingerprint density at radius 2 is 1.69 bits per heavy atom. The highest BCUT2D eigenvalue weighted by Crippen LogP contribution is 2.47. The molecule has 16 heavy (non-hydrogen) atoms. The second kappa shape index (κ2) is 3.83. The largest absolute Gasteiger partial charge is 0.299 e. The van der Waals surface area contributed by atoms with Crippen LogP contribution in [-0.2, 0) is 4.79 Å². The summed E-state index contributed by atoms with van der Waals surface area (Å²) < 4.78 is 0. The monoisotopic (exact) mass is 221 g/mol. The van der Waals surface area contributed by atoms with Crippen molar-refractivity contribution in [2.24, 2.45) is 23.7 Å². The SMILES string of the molecule is CC(C)N1CC2C(=O)C(C1)C1CCCC2C1. The molecular weight excluding hydrogens is 198 g/mol. The summed E-state index contributed by atoms with van der Waals surface area (Å²) in [5.41, 5.74) is 0. The molecule has 3 aliphatic rings. The Bertz CT molecular complexity index is 277. The van der Waals surface area contributed by atoms with E-state index in [9.17, 15) is 4.79 Å². The van der Waals surface area contributed by atoms with Crippen LogP contribution < -0.4 is 0 Å². The molecule has 4 atom stereocenters. The van der Waals surface area contributed by atoms with Gasteiger partial charge in [0.1, 0.15) is 5.78 Å². The second-order valence-corrected chi connectivity index (χ2v) is 6.35. The van der Waals surface area contributed by atoms with Gasteiger partial charge in [-0.2, -0.15) is 0 Å². The van der Waals surface area contributed by atoms with E-state index in [2.05, 4.69) is 18.7 Å². The number of nitrogens with zero attached hydrogens (tertiary/aromatic N) is 1. The summed E-state index contributed by atoms with van der Waals surface area (Å²) in [5.74, 6) is 2.85. The molecule has 1 saturated heterocycles. The molecule has 0 aromatic heterocycles. The second-order valence-electron chi connectivity index (χ2n) is 6.35. The van der Waals surface area contributed by atoms with Gasteiger partial charge in [0.15, 0.2) is 0 Å². The first-order valence-corrected chi connectivity index (χ1v) is 6.94. The molecule has 2 aliphatic carbocycles. The van der Waals surface area contributed by atoms with Gasteiger partial charge in [-0.15, -0.1) is 0 Å². The molecule has 2 heteroatoms. The number of piperidine rings is 1. The maximum Gasteiger partial charge on any atom is 0.142 e. The maximum atomic E-state index is 12.4. The van der Waals surface area contributed by atoms with Gasteiger partial charge in [0.2, 0.25) is 0 Å². The van der Waals surface area contributed by atoms with Crippen LogP contribution in [0.3, 0.4) is 0 Å². The summed E-state index contributed by atoms with van der Waals surface area (Å²) in [6.07, 6.45) is 5.35. The van der Waals surface area contributed by atoms with Crippen molar-refractivity contribution in [3.05, 3.63) is 0 Å². The average Bonchev–Trinajstić information content (AvgIpc) is 2.27. The zero-order valence-electron chi connectivity index (χ0n) is 10.5. The van der Waals surface area contributed by atoms with Crippen LogP contribution in [0, 0.1) is 23.7 Å². The lowest BCUT2D eigenvalue weighted by atomic mass is 9.59. The van der Waals surface area contributed by atoms with Crippen LogP contribution in [0.2, 0.25) is 0 Å². The Kier molecular flexibility index (Phi) is 2.58. The third kappa shape index (κ3) is 1.54. The minimum absolute atomic E-state index is 0.387. The van der Waals surface area contributed by atoms with Crippen molar-refractivity contribution in [3.63, 3.8) is 0 Å². The smallest absolute Gasteiger partial charge is 0.142 e. The fourth-order valence-corrected chi connectivity index (χ4v) is 4.22. The van der Waals surface area contributed by atoms with Crippen LogP contribution in [0.4, 0.5) is 0 Å². The van der Waals surface area contributed by atoms with Crippen LogP contribution in [-0.4, -0.2) is 29.8 Å². The Morgan fingerprint density at radius 3 is 2.19 bits per heavy atom. The van der Waals surface area contributed by atoms with Gasteiger partial charge in [0.05, 0.1) is 0 Å². The molecule has 3 fully saturated rings. The van der Waals surface area contributed by atoms with Gasteiger partial charge in [-0.3, -0.25) is 9.69 Å². The lowest BCUT2D eigenvalue weighted by molar-refractivity contribution is -0.145. The number of carbonyl (C=O) groups is 1. The molecule has 4 unspecified atom stereocenters. The number of rotatable bonds is 1. The number of hydrogen-bond acceptors (Lipinski definition) is 2. The number of hydrogen-bond donors (Lipinski definition) is 0. The summed E-state index contributed by atoms with van der Waals surface area (Å²) in [6, 6.07) is 0.608. The molecule has 0 aromatic rings. The van der Waals surface area contributed by atoms with Gasteiger partial charge in [-0.05, 0) is 44.9 Å². The molecule has 4 bridgehead atoms. The topological polar surface area (TPSA) is 20.3 Å². The molecule has 0 amide bonds. The molecule has 90 valence electrons. The van der Waals surface area contributed by atoms with Crippen molar-refractivity contribution in [2.45, 2.75) is 45.6 Å². The Balaban J connectivity index is 1.86. The van der Waals surface area contributed by atoms with E-state index >= 15 is 0 Å². The Hall–Kier alpha value is -0.370. The van der Waals surface area contributed by atoms with E-state index in [-0.39, 0.29) is 0 Å². The van der Waals surface area contributed by atoms with E-state index in [0.717, 1.165) is 24.9 Å². The van der Waals surface area contributed by atoms with E-state index in [1.54, 1.807) is 0 Å².